The van der Waals surface area contributed by atoms with Crippen molar-refractivity contribution >= 4 is 10.0 Å². The third-order valence-electron chi connectivity index (χ3n) is 3.27. The van der Waals surface area contributed by atoms with Gasteiger partial charge in [0.1, 0.15) is 5.75 Å². The minimum atomic E-state index is -4.84. The summed E-state index contributed by atoms with van der Waals surface area (Å²) in [5, 5.41) is 0. The summed E-state index contributed by atoms with van der Waals surface area (Å²) >= 11 is 0. The van der Waals surface area contributed by atoms with Crippen LogP contribution in [0.4, 0.5) is 13.2 Å². The van der Waals surface area contributed by atoms with Crippen LogP contribution in [0.5, 0.6) is 17.2 Å². The van der Waals surface area contributed by atoms with E-state index in [-0.39, 0.29) is 18.2 Å². The fraction of sp³-hybridized carbons (Fsp3) is 0.200. The summed E-state index contributed by atoms with van der Waals surface area (Å²) in [6.45, 7) is 0.0939. The number of fused-ring (bicyclic) bond motifs is 1. The van der Waals surface area contributed by atoms with E-state index >= 15 is 0 Å². The summed E-state index contributed by atoms with van der Waals surface area (Å²) < 4.78 is 77.2. The molecular formula is C15H12F3NO5S. The van der Waals surface area contributed by atoms with Gasteiger partial charge in [-0.3, -0.25) is 0 Å². The predicted octanol–water partition coefficient (Wildman–Crippen LogP) is 2.79. The Kier molecular flexibility index (Phi) is 4.48. The van der Waals surface area contributed by atoms with E-state index in [2.05, 4.69) is 9.46 Å². The van der Waals surface area contributed by atoms with Crippen molar-refractivity contribution in [2.75, 3.05) is 6.79 Å². The maximum atomic E-state index is 12.2. The molecule has 1 heterocycles. The minimum Gasteiger partial charge on any atom is -0.454 e. The van der Waals surface area contributed by atoms with Crippen molar-refractivity contribution in [2.24, 2.45) is 0 Å². The second kappa shape index (κ2) is 6.45. The van der Waals surface area contributed by atoms with Crippen molar-refractivity contribution in [1.29, 1.82) is 0 Å². The molecule has 6 nitrogen and oxygen atoms in total. The lowest BCUT2D eigenvalue weighted by molar-refractivity contribution is -0.274. The maximum Gasteiger partial charge on any atom is 0.573 e. The molecule has 25 heavy (non-hydrogen) atoms. The zero-order valence-corrected chi connectivity index (χ0v) is 13.4. The first kappa shape index (κ1) is 17.4. The average molecular weight is 375 g/mol. The van der Waals surface area contributed by atoms with Crippen molar-refractivity contribution in [3.05, 3.63) is 48.0 Å². The molecule has 3 rings (SSSR count). The Morgan fingerprint density at radius 3 is 2.40 bits per heavy atom. The number of sulfonamides is 1. The van der Waals surface area contributed by atoms with Crippen molar-refractivity contribution in [3.63, 3.8) is 0 Å². The largest absolute Gasteiger partial charge is 0.573 e. The van der Waals surface area contributed by atoms with Crippen LogP contribution in [0.15, 0.2) is 47.4 Å². The fourth-order valence-electron chi connectivity index (χ4n) is 2.13. The summed E-state index contributed by atoms with van der Waals surface area (Å²) in [5.74, 6) is 0.597. The Morgan fingerprint density at radius 2 is 1.72 bits per heavy atom. The molecule has 0 saturated carbocycles. The lowest BCUT2D eigenvalue weighted by Gasteiger charge is -2.10. The van der Waals surface area contributed by atoms with Gasteiger partial charge in [0, 0.05) is 6.54 Å². The number of nitrogens with one attached hydrogen (secondary N) is 1. The van der Waals surface area contributed by atoms with Crippen LogP contribution in [-0.2, 0) is 16.6 Å². The van der Waals surface area contributed by atoms with E-state index in [1.54, 1.807) is 18.2 Å². The second-order valence-electron chi connectivity index (χ2n) is 5.03. The Labute approximate surface area is 141 Å². The molecule has 10 heteroatoms. The van der Waals surface area contributed by atoms with E-state index in [9.17, 15) is 21.6 Å². The van der Waals surface area contributed by atoms with Crippen LogP contribution >= 0.6 is 0 Å². The highest BCUT2D eigenvalue weighted by Crippen LogP contribution is 2.32. The van der Waals surface area contributed by atoms with Crippen molar-refractivity contribution in [3.8, 4) is 17.2 Å². The minimum absolute atomic E-state index is 0.0141. The molecule has 1 aliphatic rings. The number of hydrogen-bond acceptors (Lipinski definition) is 5. The molecule has 0 aromatic heterocycles. The van der Waals surface area contributed by atoms with Crippen LogP contribution in [0.2, 0.25) is 0 Å². The van der Waals surface area contributed by atoms with E-state index in [0.29, 0.717) is 17.1 Å². The topological polar surface area (TPSA) is 73.9 Å². The standard InChI is InChI=1S/C15H12F3NO5S/c16-15(17,18)24-11-2-4-12(5-3-11)25(20,21)19-8-10-1-6-13-14(7-10)23-9-22-13/h1-7,19H,8-9H2. The molecule has 0 saturated heterocycles. The third-order valence-corrected chi connectivity index (χ3v) is 4.69. The van der Waals surface area contributed by atoms with Crippen molar-refractivity contribution < 1.29 is 35.8 Å². The van der Waals surface area contributed by atoms with Gasteiger partial charge >= 0.3 is 6.36 Å². The molecule has 1 N–H and O–H groups in total. The van der Waals surface area contributed by atoms with Crippen LogP contribution in [-0.4, -0.2) is 21.6 Å². The molecule has 134 valence electrons. The Hall–Kier alpha value is -2.46. The number of hydrogen-bond donors (Lipinski definition) is 1. The first-order valence-electron chi connectivity index (χ1n) is 6.97. The first-order chi connectivity index (χ1) is 11.7. The summed E-state index contributed by atoms with van der Waals surface area (Å²) in [6.07, 6.45) is -4.84. The van der Waals surface area contributed by atoms with E-state index in [1.165, 1.54) is 0 Å². The normalized spacial score (nSPS) is 13.7. The number of ether oxygens (including phenoxy) is 3. The smallest absolute Gasteiger partial charge is 0.454 e. The molecule has 0 aliphatic carbocycles. The maximum absolute atomic E-state index is 12.2. The van der Waals surface area contributed by atoms with Gasteiger partial charge in [-0.05, 0) is 42.0 Å². The van der Waals surface area contributed by atoms with Gasteiger partial charge in [0.05, 0.1) is 4.90 Å². The van der Waals surface area contributed by atoms with Gasteiger partial charge in [-0.25, -0.2) is 13.1 Å². The average Bonchev–Trinajstić information content (AvgIpc) is 2.99. The molecule has 0 fully saturated rings. The Balaban J connectivity index is 1.67. The van der Waals surface area contributed by atoms with Gasteiger partial charge in [-0.1, -0.05) is 6.07 Å². The first-order valence-corrected chi connectivity index (χ1v) is 8.45. The number of rotatable bonds is 5. The monoisotopic (exact) mass is 375 g/mol. The molecule has 2 aromatic rings. The zero-order valence-electron chi connectivity index (χ0n) is 12.5. The summed E-state index contributed by atoms with van der Waals surface area (Å²) in [5.41, 5.74) is 0.643. The number of benzene rings is 2. The van der Waals surface area contributed by atoms with Crippen LogP contribution in [0.3, 0.4) is 0 Å². The highest BCUT2D eigenvalue weighted by molar-refractivity contribution is 7.89. The van der Waals surface area contributed by atoms with Gasteiger partial charge in [-0.15, -0.1) is 13.2 Å². The molecule has 0 radical (unpaired) electrons. The Bertz CT molecular complexity index is 866. The van der Waals surface area contributed by atoms with Crippen molar-refractivity contribution in [2.45, 2.75) is 17.8 Å². The quantitative estimate of drug-likeness (QED) is 0.870. The highest BCUT2D eigenvalue weighted by Gasteiger charge is 2.31. The van der Waals surface area contributed by atoms with Crippen LogP contribution in [0, 0.1) is 0 Å². The van der Waals surface area contributed by atoms with Gasteiger partial charge < -0.3 is 14.2 Å². The molecule has 0 amide bonds. The summed E-state index contributed by atoms with van der Waals surface area (Å²) in [7, 11) is -3.89. The lowest BCUT2D eigenvalue weighted by Crippen LogP contribution is -2.23. The highest BCUT2D eigenvalue weighted by atomic mass is 32.2. The fourth-order valence-corrected chi connectivity index (χ4v) is 3.15. The molecule has 0 atom stereocenters. The number of halogens is 3. The molecule has 1 aliphatic heterocycles. The second-order valence-corrected chi connectivity index (χ2v) is 6.80. The third kappa shape index (κ3) is 4.34. The van der Waals surface area contributed by atoms with E-state index in [1.807, 2.05) is 0 Å². The van der Waals surface area contributed by atoms with E-state index in [0.717, 1.165) is 24.3 Å². The molecule has 0 spiro atoms. The molecule has 0 bridgehead atoms. The van der Waals surface area contributed by atoms with E-state index in [4.69, 9.17) is 9.47 Å². The summed E-state index contributed by atoms with van der Waals surface area (Å²) in [6, 6.07) is 8.91. The zero-order chi connectivity index (χ0) is 18.1. The SMILES string of the molecule is O=S(=O)(NCc1ccc2c(c1)OCO2)c1ccc(OC(F)(F)F)cc1. The summed E-state index contributed by atoms with van der Waals surface area (Å²) in [4.78, 5) is -0.178. The number of alkyl halides is 3. The van der Waals surface area contributed by atoms with Crippen molar-refractivity contribution in [1.82, 2.24) is 4.72 Å². The predicted molar refractivity (Wildman–Crippen MR) is 79.7 cm³/mol. The van der Waals surface area contributed by atoms with Gasteiger partial charge in [0.25, 0.3) is 0 Å². The molecule has 0 unspecified atom stereocenters. The van der Waals surface area contributed by atoms with Gasteiger partial charge in [-0.2, -0.15) is 0 Å². The van der Waals surface area contributed by atoms with E-state index < -0.39 is 22.1 Å². The Morgan fingerprint density at radius 1 is 1.04 bits per heavy atom. The van der Waals surface area contributed by atoms with Gasteiger partial charge in [0.15, 0.2) is 11.5 Å². The molecule has 2 aromatic carbocycles. The van der Waals surface area contributed by atoms with Crippen LogP contribution in [0.25, 0.3) is 0 Å². The lowest BCUT2D eigenvalue weighted by atomic mass is 10.2. The van der Waals surface area contributed by atoms with Crippen LogP contribution in [0.1, 0.15) is 5.56 Å². The van der Waals surface area contributed by atoms with Gasteiger partial charge in [0.2, 0.25) is 16.8 Å². The van der Waals surface area contributed by atoms with Crippen LogP contribution < -0.4 is 18.9 Å². The molecular weight excluding hydrogens is 363 g/mol.